The summed E-state index contributed by atoms with van der Waals surface area (Å²) in [4.78, 5) is 8.61. The van der Waals surface area contributed by atoms with Crippen LogP contribution in [-0.4, -0.2) is 32.7 Å². The molecular weight excluding hydrogens is 229 g/mol. The van der Waals surface area contributed by atoms with Crippen molar-refractivity contribution >= 4 is 18.5 Å². The molecule has 0 aliphatic carbocycles. The third-order valence-corrected chi connectivity index (χ3v) is 3.78. The summed E-state index contributed by atoms with van der Waals surface area (Å²) in [6.45, 7) is 8.12. The zero-order valence-corrected chi connectivity index (χ0v) is 11.0. The van der Waals surface area contributed by atoms with E-state index in [0.717, 1.165) is 5.59 Å². The Bertz CT molecular complexity index is 578. The Morgan fingerprint density at radius 1 is 1.11 bits per heavy atom. The standard InChI is InChI=1S/C12H16BN3O2/c1-11(2)12(3,4)18-13(17-11)9-5-7-16-8-6-14-10(16)15-9/h5-8H,1-4H3. The minimum absolute atomic E-state index is 0.346. The highest BCUT2D eigenvalue weighted by atomic mass is 16.7. The predicted molar refractivity (Wildman–Crippen MR) is 68.7 cm³/mol. The molecule has 2 aromatic heterocycles. The van der Waals surface area contributed by atoms with Crippen molar-refractivity contribution in [1.29, 1.82) is 0 Å². The van der Waals surface area contributed by atoms with Gasteiger partial charge < -0.3 is 9.31 Å². The molecule has 18 heavy (non-hydrogen) atoms. The largest absolute Gasteiger partial charge is 0.514 e. The number of imidazole rings is 1. The summed E-state index contributed by atoms with van der Waals surface area (Å²) in [5, 5.41) is 0. The number of rotatable bonds is 1. The van der Waals surface area contributed by atoms with E-state index in [-0.39, 0.29) is 11.2 Å². The smallest absolute Gasteiger partial charge is 0.398 e. The Hall–Kier alpha value is -1.40. The van der Waals surface area contributed by atoms with Gasteiger partial charge in [0.15, 0.2) is 0 Å². The quantitative estimate of drug-likeness (QED) is 0.704. The second kappa shape index (κ2) is 3.55. The van der Waals surface area contributed by atoms with Gasteiger partial charge in [-0.3, -0.25) is 4.40 Å². The molecule has 1 aliphatic rings. The van der Waals surface area contributed by atoms with E-state index in [2.05, 4.69) is 9.97 Å². The number of hydrogen-bond donors (Lipinski definition) is 0. The Morgan fingerprint density at radius 3 is 2.44 bits per heavy atom. The highest BCUT2D eigenvalue weighted by Gasteiger charge is 2.52. The van der Waals surface area contributed by atoms with E-state index in [1.54, 1.807) is 6.20 Å². The van der Waals surface area contributed by atoms with Crippen molar-refractivity contribution in [2.45, 2.75) is 38.9 Å². The van der Waals surface area contributed by atoms with E-state index in [1.165, 1.54) is 0 Å². The van der Waals surface area contributed by atoms with Gasteiger partial charge in [0.2, 0.25) is 5.78 Å². The molecule has 0 aromatic carbocycles. The molecule has 0 unspecified atom stereocenters. The molecule has 0 radical (unpaired) electrons. The van der Waals surface area contributed by atoms with Crippen molar-refractivity contribution in [3.05, 3.63) is 24.7 Å². The maximum Gasteiger partial charge on any atom is 0.514 e. The van der Waals surface area contributed by atoms with Gasteiger partial charge in [0, 0.05) is 18.6 Å². The number of fused-ring (bicyclic) bond motifs is 1. The lowest BCUT2D eigenvalue weighted by molar-refractivity contribution is 0.00578. The van der Waals surface area contributed by atoms with Crippen LogP contribution in [0.5, 0.6) is 0 Å². The Labute approximate surface area is 106 Å². The molecule has 3 heterocycles. The van der Waals surface area contributed by atoms with Gasteiger partial charge in [-0.25, -0.2) is 9.97 Å². The molecule has 0 amide bonds. The first-order chi connectivity index (χ1) is 8.39. The number of hydrogen-bond acceptors (Lipinski definition) is 4. The summed E-state index contributed by atoms with van der Waals surface area (Å²) in [6, 6.07) is 1.90. The molecule has 5 nitrogen and oxygen atoms in total. The average Bonchev–Trinajstić information content (AvgIpc) is 2.80. The van der Waals surface area contributed by atoms with Crippen LogP contribution in [0.3, 0.4) is 0 Å². The topological polar surface area (TPSA) is 48.7 Å². The molecule has 1 fully saturated rings. The van der Waals surface area contributed by atoms with E-state index in [0.29, 0.717) is 5.78 Å². The molecule has 3 rings (SSSR count). The first kappa shape index (κ1) is 11.7. The van der Waals surface area contributed by atoms with Crippen molar-refractivity contribution in [2.24, 2.45) is 0 Å². The molecule has 2 aromatic rings. The van der Waals surface area contributed by atoms with E-state index in [9.17, 15) is 0 Å². The van der Waals surface area contributed by atoms with E-state index in [1.807, 2.05) is 50.6 Å². The van der Waals surface area contributed by atoms with Gasteiger partial charge in [-0.05, 0) is 33.8 Å². The van der Waals surface area contributed by atoms with Crippen LogP contribution in [0.1, 0.15) is 27.7 Å². The van der Waals surface area contributed by atoms with Crippen LogP contribution in [0.4, 0.5) is 0 Å². The van der Waals surface area contributed by atoms with Gasteiger partial charge >= 0.3 is 7.12 Å². The van der Waals surface area contributed by atoms with Gasteiger partial charge in [0.1, 0.15) is 0 Å². The lowest BCUT2D eigenvalue weighted by atomic mass is 9.85. The Kier molecular flexibility index (Phi) is 2.31. The second-order valence-corrected chi connectivity index (χ2v) is 5.58. The van der Waals surface area contributed by atoms with Crippen LogP contribution in [0, 0.1) is 0 Å². The summed E-state index contributed by atoms with van der Waals surface area (Å²) in [5.74, 6) is 0.655. The maximum atomic E-state index is 5.95. The molecule has 1 saturated heterocycles. The molecule has 0 spiro atoms. The third-order valence-electron chi connectivity index (χ3n) is 3.78. The van der Waals surface area contributed by atoms with Gasteiger partial charge in [-0.15, -0.1) is 0 Å². The van der Waals surface area contributed by atoms with Crippen molar-refractivity contribution < 1.29 is 9.31 Å². The van der Waals surface area contributed by atoms with E-state index >= 15 is 0 Å². The normalized spacial score (nSPS) is 21.7. The minimum atomic E-state index is -0.434. The predicted octanol–water partition coefficient (Wildman–Crippen LogP) is 1.03. The number of aromatic nitrogens is 3. The average molecular weight is 245 g/mol. The SMILES string of the molecule is CC1(C)OB(c2ccn3ccnc3n2)OC1(C)C. The summed E-state index contributed by atoms with van der Waals surface area (Å²) < 4.78 is 13.8. The Morgan fingerprint density at radius 2 is 1.78 bits per heavy atom. The Balaban J connectivity index is 1.96. The maximum absolute atomic E-state index is 5.95. The summed E-state index contributed by atoms with van der Waals surface area (Å²) in [7, 11) is -0.434. The van der Waals surface area contributed by atoms with Gasteiger partial charge in [0.05, 0.1) is 16.8 Å². The summed E-state index contributed by atoms with van der Waals surface area (Å²) in [5.41, 5.74) is 0.0641. The van der Waals surface area contributed by atoms with Gasteiger partial charge in [-0.2, -0.15) is 0 Å². The zero-order valence-electron chi connectivity index (χ0n) is 11.0. The molecule has 94 valence electrons. The van der Waals surface area contributed by atoms with E-state index in [4.69, 9.17) is 9.31 Å². The summed E-state index contributed by atoms with van der Waals surface area (Å²) >= 11 is 0. The van der Waals surface area contributed by atoms with Crippen molar-refractivity contribution in [3.8, 4) is 0 Å². The van der Waals surface area contributed by atoms with E-state index < -0.39 is 7.12 Å². The first-order valence-corrected chi connectivity index (χ1v) is 6.04. The lowest BCUT2D eigenvalue weighted by Crippen LogP contribution is -2.41. The minimum Gasteiger partial charge on any atom is -0.398 e. The van der Waals surface area contributed by atoms with Crippen LogP contribution >= 0.6 is 0 Å². The number of nitrogens with zero attached hydrogens (tertiary/aromatic N) is 3. The van der Waals surface area contributed by atoms with Crippen molar-refractivity contribution in [2.75, 3.05) is 0 Å². The molecular formula is C12H16BN3O2. The van der Waals surface area contributed by atoms with Crippen molar-refractivity contribution in [1.82, 2.24) is 14.4 Å². The van der Waals surface area contributed by atoms with Gasteiger partial charge in [-0.1, -0.05) is 0 Å². The highest BCUT2D eigenvalue weighted by Crippen LogP contribution is 2.36. The second-order valence-electron chi connectivity index (χ2n) is 5.58. The fourth-order valence-corrected chi connectivity index (χ4v) is 1.91. The fourth-order valence-electron chi connectivity index (χ4n) is 1.91. The molecule has 0 atom stereocenters. The van der Waals surface area contributed by atoms with Crippen LogP contribution < -0.4 is 5.59 Å². The van der Waals surface area contributed by atoms with Crippen molar-refractivity contribution in [3.63, 3.8) is 0 Å². The molecule has 6 heteroatoms. The van der Waals surface area contributed by atoms with Gasteiger partial charge in [0.25, 0.3) is 0 Å². The zero-order chi connectivity index (χ0) is 13.0. The third kappa shape index (κ3) is 1.64. The van der Waals surface area contributed by atoms with Crippen LogP contribution in [-0.2, 0) is 9.31 Å². The van der Waals surface area contributed by atoms with Crippen LogP contribution in [0.15, 0.2) is 24.7 Å². The molecule has 0 N–H and O–H groups in total. The molecule has 0 saturated carbocycles. The monoisotopic (exact) mass is 245 g/mol. The highest BCUT2D eigenvalue weighted by molar-refractivity contribution is 6.61. The van der Waals surface area contributed by atoms with Crippen LogP contribution in [0.25, 0.3) is 5.78 Å². The molecule has 1 aliphatic heterocycles. The summed E-state index contributed by atoms with van der Waals surface area (Å²) in [6.07, 6.45) is 5.49. The lowest BCUT2D eigenvalue weighted by Gasteiger charge is -2.32. The molecule has 0 bridgehead atoms. The first-order valence-electron chi connectivity index (χ1n) is 6.04. The fraction of sp³-hybridized carbons (Fsp3) is 0.500. The van der Waals surface area contributed by atoms with Crippen LogP contribution in [0.2, 0.25) is 0 Å².